The van der Waals surface area contributed by atoms with Gasteiger partial charge in [-0.15, -0.1) is 0 Å². The lowest BCUT2D eigenvalue weighted by Crippen LogP contribution is -2.29. The highest BCUT2D eigenvalue weighted by molar-refractivity contribution is 6.51. The molecule has 0 saturated carbocycles. The number of carbonyl (C=O) groups excluding carboxylic acids is 2. The fourth-order valence-electron chi connectivity index (χ4n) is 5.10. The van der Waals surface area contributed by atoms with Crippen LogP contribution in [-0.4, -0.2) is 29.0 Å². The molecule has 7 nitrogen and oxygen atoms in total. The zero-order valence-electron chi connectivity index (χ0n) is 23.3. The Labute approximate surface area is 238 Å². The number of phenolic OH excluding ortho intramolecular Hbond substituents is 1. The molecule has 2 N–H and O–H groups in total. The van der Waals surface area contributed by atoms with Crippen molar-refractivity contribution >= 4 is 23.1 Å². The summed E-state index contributed by atoms with van der Waals surface area (Å²) in [6.45, 7) is 5.84. The minimum Gasteiger partial charge on any atom is -0.508 e. The van der Waals surface area contributed by atoms with Crippen LogP contribution >= 0.6 is 0 Å². The Bertz CT molecular complexity index is 1620. The lowest BCUT2D eigenvalue weighted by Gasteiger charge is -2.26. The van der Waals surface area contributed by atoms with Gasteiger partial charge in [0.2, 0.25) is 0 Å². The molecule has 1 unspecified atom stereocenters. The van der Waals surface area contributed by atoms with Gasteiger partial charge in [-0.05, 0) is 90.2 Å². The molecule has 1 amide bonds. The van der Waals surface area contributed by atoms with E-state index in [-0.39, 0.29) is 23.0 Å². The molecule has 0 bridgehead atoms. The fraction of sp³-hybridized carbons (Fsp3) is 0.176. The maximum atomic E-state index is 13.6. The third-order valence-corrected chi connectivity index (χ3v) is 7.20. The first-order chi connectivity index (χ1) is 19.7. The van der Waals surface area contributed by atoms with E-state index in [1.54, 1.807) is 43.5 Å². The van der Waals surface area contributed by atoms with Crippen LogP contribution in [0.5, 0.6) is 23.0 Å². The summed E-state index contributed by atoms with van der Waals surface area (Å²) < 4.78 is 11.4. The molecule has 0 aliphatic carbocycles. The monoisotopic (exact) mass is 549 g/mol. The number of hydrogen-bond donors (Lipinski definition) is 2. The quantitative estimate of drug-likeness (QED) is 0.143. The first-order valence-corrected chi connectivity index (χ1v) is 13.3. The van der Waals surface area contributed by atoms with Crippen LogP contribution in [0.1, 0.15) is 48.1 Å². The molecule has 1 saturated heterocycles. The molecule has 0 spiro atoms. The normalized spacial score (nSPS) is 16.3. The fourth-order valence-corrected chi connectivity index (χ4v) is 5.10. The third kappa shape index (κ3) is 5.26. The third-order valence-electron chi connectivity index (χ3n) is 7.20. The summed E-state index contributed by atoms with van der Waals surface area (Å²) in [4.78, 5) is 28.5. The van der Waals surface area contributed by atoms with Gasteiger partial charge in [0.15, 0.2) is 0 Å². The topological polar surface area (TPSA) is 96.3 Å². The molecule has 1 aliphatic heterocycles. The number of rotatable bonds is 7. The van der Waals surface area contributed by atoms with Crippen molar-refractivity contribution < 1.29 is 29.3 Å². The Kier molecular flexibility index (Phi) is 7.53. The molecule has 5 rings (SSSR count). The number of ketones is 1. The van der Waals surface area contributed by atoms with Gasteiger partial charge in [-0.2, -0.15) is 0 Å². The van der Waals surface area contributed by atoms with E-state index >= 15 is 0 Å². The van der Waals surface area contributed by atoms with E-state index in [1.807, 2.05) is 63.2 Å². The zero-order valence-corrected chi connectivity index (χ0v) is 23.3. The van der Waals surface area contributed by atoms with Gasteiger partial charge in [0.05, 0.1) is 18.7 Å². The van der Waals surface area contributed by atoms with Crippen LogP contribution in [0.2, 0.25) is 0 Å². The van der Waals surface area contributed by atoms with Gasteiger partial charge in [0.1, 0.15) is 28.8 Å². The van der Waals surface area contributed by atoms with Gasteiger partial charge < -0.3 is 19.7 Å². The SMILES string of the molecule is COc1cc(C)c(/C(O)=C2\C(=O)C(=O)N(c3ccc(Oc4ccccc4)cc3)C2c2ccc(O)cc2)cc1C(C)C. The molecule has 1 fully saturated rings. The highest BCUT2D eigenvalue weighted by Crippen LogP contribution is 2.44. The lowest BCUT2D eigenvalue weighted by molar-refractivity contribution is -0.132. The summed E-state index contributed by atoms with van der Waals surface area (Å²) in [6, 6.07) is 25.1. The Morgan fingerprint density at radius 1 is 0.878 bits per heavy atom. The van der Waals surface area contributed by atoms with Crippen molar-refractivity contribution in [3.63, 3.8) is 0 Å². The number of nitrogens with zero attached hydrogens (tertiary/aromatic N) is 1. The molecule has 1 aliphatic rings. The number of methoxy groups -OCH3 is 1. The van der Waals surface area contributed by atoms with E-state index in [2.05, 4.69) is 0 Å². The maximum absolute atomic E-state index is 13.6. The molecule has 4 aromatic carbocycles. The van der Waals surface area contributed by atoms with E-state index in [4.69, 9.17) is 9.47 Å². The van der Waals surface area contributed by atoms with Crippen LogP contribution in [-0.2, 0) is 9.59 Å². The summed E-state index contributed by atoms with van der Waals surface area (Å²) >= 11 is 0. The largest absolute Gasteiger partial charge is 0.508 e. The van der Waals surface area contributed by atoms with E-state index < -0.39 is 17.7 Å². The van der Waals surface area contributed by atoms with Crippen molar-refractivity contribution in [2.24, 2.45) is 0 Å². The molecule has 0 aromatic heterocycles. The minimum absolute atomic E-state index is 0.0340. The second kappa shape index (κ2) is 11.2. The molecule has 1 heterocycles. The highest BCUT2D eigenvalue weighted by atomic mass is 16.5. The van der Waals surface area contributed by atoms with Crippen molar-refractivity contribution in [1.82, 2.24) is 0 Å². The number of anilines is 1. The summed E-state index contributed by atoms with van der Waals surface area (Å²) in [6.07, 6.45) is 0. The van der Waals surface area contributed by atoms with Crippen LogP contribution < -0.4 is 14.4 Å². The molecule has 208 valence electrons. The van der Waals surface area contributed by atoms with E-state index in [1.165, 1.54) is 17.0 Å². The van der Waals surface area contributed by atoms with Gasteiger partial charge in [-0.1, -0.05) is 44.2 Å². The number of aromatic hydroxyl groups is 1. The molecule has 41 heavy (non-hydrogen) atoms. The summed E-state index contributed by atoms with van der Waals surface area (Å²) in [7, 11) is 1.59. The lowest BCUT2D eigenvalue weighted by atomic mass is 9.91. The molecule has 1 atom stereocenters. The van der Waals surface area contributed by atoms with Crippen LogP contribution in [0.3, 0.4) is 0 Å². The van der Waals surface area contributed by atoms with Gasteiger partial charge in [0, 0.05) is 11.3 Å². The van der Waals surface area contributed by atoms with Crippen molar-refractivity contribution in [3.05, 3.63) is 119 Å². The van der Waals surface area contributed by atoms with Gasteiger partial charge in [0.25, 0.3) is 11.7 Å². The number of Topliss-reactive ketones (excluding diaryl/α,β-unsaturated/α-hetero) is 1. The number of carbonyl (C=O) groups is 2. The maximum Gasteiger partial charge on any atom is 0.300 e. The average molecular weight is 550 g/mol. The molecule has 7 heteroatoms. The smallest absolute Gasteiger partial charge is 0.300 e. The summed E-state index contributed by atoms with van der Waals surface area (Å²) in [5.74, 6) is 0.207. The Balaban J connectivity index is 1.63. The molecular weight excluding hydrogens is 518 g/mol. The van der Waals surface area contributed by atoms with Crippen LogP contribution in [0.15, 0.2) is 96.6 Å². The van der Waals surface area contributed by atoms with E-state index in [9.17, 15) is 19.8 Å². The van der Waals surface area contributed by atoms with Crippen molar-refractivity contribution in [2.75, 3.05) is 12.0 Å². The first-order valence-electron chi connectivity index (χ1n) is 13.3. The number of benzene rings is 4. The van der Waals surface area contributed by atoms with Crippen molar-refractivity contribution in [3.8, 4) is 23.0 Å². The van der Waals surface area contributed by atoms with E-state index in [0.717, 1.165) is 5.56 Å². The van der Waals surface area contributed by atoms with Crippen LogP contribution in [0.25, 0.3) is 5.76 Å². The van der Waals surface area contributed by atoms with Crippen LogP contribution in [0, 0.1) is 6.92 Å². The number of phenols is 1. The predicted octanol–water partition coefficient (Wildman–Crippen LogP) is 7.25. The average Bonchev–Trinajstić information content (AvgIpc) is 3.23. The second-order valence-electron chi connectivity index (χ2n) is 10.2. The number of para-hydroxylation sites is 1. The van der Waals surface area contributed by atoms with E-state index in [0.29, 0.717) is 39.6 Å². The number of aliphatic hydroxyl groups excluding tert-OH is 1. The minimum atomic E-state index is -0.930. The summed E-state index contributed by atoms with van der Waals surface area (Å²) in [5, 5.41) is 21.6. The number of hydrogen-bond acceptors (Lipinski definition) is 6. The molecule has 4 aromatic rings. The number of ether oxygens (including phenoxy) is 2. The van der Waals surface area contributed by atoms with Gasteiger partial charge in [-0.25, -0.2) is 0 Å². The number of amides is 1. The Morgan fingerprint density at radius 3 is 2.12 bits per heavy atom. The van der Waals surface area contributed by atoms with Crippen LogP contribution in [0.4, 0.5) is 5.69 Å². The zero-order chi connectivity index (χ0) is 29.3. The number of aryl methyl sites for hydroxylation is 1. The standard InChI is InChI=1S/C34H31NO6/c1-20(2)27-19-28(21(3)18-29(27)40-4)32(37)30-31(22-10-14-24(36)15-11-22)35(34(39)33(30)38)23-12-16-26(17-13-23)41-25-8-6-5-7-9-25/h5-20,31,36-37H,1-4H3/b32-30+. The second-order valence-corrected chi connectivity index (χ2v) is 10.2. The van der Waals surface area contributed by atoms with Gasteiger partial charge >= 0.3 is 0 Å². The Morgan fingerprint density at radius 2 is 1.51 bits per heavy atom. The predicted molar refractivity (Wildman–Crippen MR) is 158 cm³/mol. The van der Waals surface area contributed by atoms with Gasteiger partial charge in [-0.3, -0.25) is 14.5 Å². The highest BCUT2D eigenvalue weighted by Gasteiger charge is 2.47. The Hall–Kier alpha value is -5.04. The molecule has 0 radical (unpaired) electrons. The number of aliphatic hydroxyl groups is 1. The summed E-state index contributed by atoms with van der Waals surface area (Å²) in [5.41, 5.74) is 2.99. The first kappa shape index (κ1) is 27.5. The van der Waals surface area contributed by atoms with Crippen molar-refractivity contribution in [1.29, 1.82) is 0 Å². The van der Waals surface area contributed by atoms with Crippen molar-refractivity contribution in [2.45, 2.75) is 32.7 Å². The molecular formula is C34H31NO6.